The van der Waals surface area contributed by atoms with Gasteiger partial charge in [-0.05, 0) is 30.7 Å². The fourth-order valence-electron chi connectivity index (χ4n) is 1.57. The Morgan fingerprint density at radius 1 is 1.37 bits per heavy atom. The number of hydrogen-bond acceptors (Lipinski definition) is 4. The molecule has 6 nitrogen and oxygen atoms in total. The lowest BCUT2D eigenvalue weighted by molar-refractivity contribution is -0.148. The predicted octanol–water partition coefficient (Wildman–Crippen LogP) is 0.833. The van der Waals surface area contributed by atoms with E-state index in [2.05, 4.69) is 5.32 Å². The highest BCUT2D eigenvalue weighted by molar-refractivity contribution is 5.96. The summed E-state index contributed by atoms with van der Waals surface area (Å²) in [5, 5.41) is 11.3. The van der Waals surface area contributed by atoms with Gasteiger partial charge >= 0.3 is 5.97 Å². The van der Waals surface area contributed by atoms with Crippen molar-refractivity contribution >= 4 is 11.9 Å². The van der Waals surface area contributed by atoms with Crippen LogP contribution in [0.15, 0.2) is 18.2 Å². The number of rotatable bonds is 6. The van der Waals surface area contributed by atoms with Crippen LogP contribution in [-0.2, 0) is 9.53 Å². The molecule has 0 saturated heterocycles. The first-order valence-corrected chi connectivity index (χ1v) is 5.68. The predicted molar refractivity (Wildman–Crippen MR) is 68.5 cm³/mol. The molecule has 0 heterocycles. The molecule has 6 heteroatoms. The third-order valence-corrected chi connectivity index (χ3v) is 2.69. The van der Waals surface area contributed by atoms with Gasteiger partial charge in [0.25, 0.3) is 5.91 Å². The van der Waals surface area contributed by atoms with Gasteiger partial charge in [-0.1, -0.05) is 0 Å². The molecule has 1 aromatic carbocycles. The second kappa shape index (κ2) is 6.75. The van der Waals surface area contributed by atoms with Crippen molar-refractivity contribution in [3.63, 3.8) is 0 Å². The van der Waals surface area contributed by atoms with Crippen molar-refractivity contribution in [2.75, 3.05) is 20.8 Å². The van der Waals surface area contributed by atoms with Gasteiger partial charge in [0.2, 0.25) is 0 Å². The van der Waals surface area contributed by atoms with E-state index in [1.807, 2.05) is 0 Å². The number of benzene rings is 1. The van der Waals surface area contributed by atoms with E-state index in [1.165, 1.54) is 7.11 Å². The number of nitrogens with one attached hydrogen (secondary N) is 1. The first-order valence-electron chi connectivity index (χ1n) is 5.68. The van der Waals surface area contributed by atoms with Gasteiger partial charge < -0.3 is 19.9 Å². The maximum absolute atomic E-state index is 11.9. The summed E-state index contributed by atoms with van der Waals surface area (Å²) < 4.78 is 9.78. The van der Waals surface area contributed by atoms with Gasteiger partial charge in [-0.3, -0.25) is 4.79 Å². The number of carbonyl (C=O) groups excluding carboxylic acids is 1. The minimum Gasteiger partial charge on any atom is -0.497 e. The number of carboxylic acid groups (broad SMARTS) is 1. The average Bonchev–Trinajstić information content (AvgIpc) is 2.38. The van der Waals surface area contributed by atoms with Gasteiger partial charge in [-0.25, -0.2) is 4.79 Å². The highest BCUT2D eigenvalue weighted by Gasteiger charge is 2.18. The van der Waals surface area contributed by atoms with Crippen LogP contribution in [0.2, 0.25) is 0 Å². The van der Waals surface area contributed by atoms with E-state index < -0.39 is 12.1 Å². The number of ether oxygens (including phenoxy) is 2. The van der Waals surface area contributed by atoms with Crippen molar-refractivity contribution in [1.29, 1.82) is 0 Å². The minimum absolute atomic E-state index is 0.0872. The van der Waals surface area contributed by atoms with Gasteiger partial charge in [0.15, 0.2) is 6.10 Å². The standard InChI is InChI=1S/C13H17NO5/c1-8-6-9(18-2)4-5-10(8)12(15)14-7-11(19-3)13(16)17/h4-6,11H,7H2,1-3H3,(H,14,15)(H,16,17). The summed E-state index contributed by atoms with van der Waals surface area (Å²) in [6.07, 6.45) is -1.05. The fourth-order valence-corrected chi connectivity index (χ4v) is 1.57. The van der Waals surface area contributed by atoms with E-state index in [0.29, 0.717) is 11.3 Å². The molecular formula is C13H17NO5. The summed E-state index contributed by atoms with van der Waals surface area (Å²) >= 11 is 0. The molecule has 19 heavy (non-hydrogen) atoms. The molecule has 0 bridgehead atoms. The van der Waals surface area contributed by atoms with Crippen LogP contribution in [0, 0.1) is 6.92 Å². The van der Waals surface area contributed by atoms with Gasteiger partial charge in [-0.15, -0.1) is 0 Å². The van der Waals surface area contributed by atoms with Crippen LogP contribution in [0.25, 0.3) is 0 Å². The molecule has 0 aliphatic carbocycles. The van der Waals surface area contributed by atoms with Gasteiger partial charge in [-0.2, -0.15) is 0 Å². The summed E-state index contributed by atoms with van der Waals surface area (Å²) in [7, 11) is 2.83. The third-order valence-electron chi connectivity index (χ3n) is 2.69. The maximum Gasteiger partial charge on any atom is 0.334 e. The topological polar surface area (TPSA) is 84.9 Å². The second-order valence-corrected chi connectivity index (χ2v) is 3.95. The van der Waals surface area contributed by atoms with Crippen molar-refractivity contribution in [3.8, 4) is 5.75 Å². The maximum atomic E-state index is 11.9. The molecule has 1 aromatic rings. The van der Waals surface area contributed by atoms with Gasteiger partial charge in [0.05, 0.1) is 13.7 Å². The summed E-state index contributed by atoms with van der Waals surface area (Å²) in [5.41, 5.74) is 1.22. The molecule has 104 valence electrons. The Kier molecular flexibility index (Phi) is 5.32. The Morgan fingerprint density at radius 2 is 2.05 bits per heavy atom. The Hall–Kier alpha value is -2.08. The molecule has 0 aliphatic heterocycles. The summed E-state index contributed by atoms with van der Waals surface area (Å²) in [5.74, 6) is -0.799. The fraction of sp³-hybridized carbons (Fsp3) is 0.385. The molecule has 1 unspecified atom stereocenters. The summed E-state index contributed by atoms with van der Waals surface area (Å²) in [4.78, 5) is 22.6. The van der Waals surface area contributed by atoms with Crippen molar-refractivity contribution in [3.05, 3.63) is 29.3 Å². The van der Waals surface area contributed by atoms with Crippen molar-refractivity contribution in [2.24, 2.45) is 0 Å². The zero-order chi connectivity index (χ0) is 14.4. The van der Waals surface area contributed by atoms with E-state index in [-0.39, 0.29) is 12.5 Å². The van der Waals surface area contributed by atoms with Gasteiger partial charge in [0, 0.05) is 12.7 Å². The van der Waals surface area contributed by atoms with Gasteiger partial charge in [0.1, 0.15) is 5.75 Å². The highest BCUT2D eigenvalue weighted by atomic mass is 16.5. The SMILES string of the molecule is COc1ccc(C(=O)NCC(OC)C(=O)O)c(C)c1. The number of carboxylic acids is 1. The molecule has 0 radical (unpaired) electrons. The van der Waals surface area contributed by atoms with E-state index >= 15 is 0 Å². The van der Waals surface area contributed by atoms with Crippen LogP contribution in [0.1, 0.15) is 15.9 Å². The molecular weight excluding hydrogens is 250 g/mol. The molecule has 0 spiro atoms. The summed E-state index contributed by atoms with van der Waals surface area (Å²) in [6, 6.07) is 5.04. The smallest absolute Gasteiger partial charge is 0.334 e. The lowest BCUT2D eigenvalue weighted by atomic mass is 10.1. The van der Waals surface area contributed by atoms with E-state index in [1.54, 1.807) is 32.2 Å². The number of hydrogen-bond donors (Lipinski definition) is 2. The largest absolute Gasteiger partial charge is 0.497 e. The molecule has 1 atom stereocenters. The van der Waals surface area contributed by atoms with E-state index in [0.717, 1.165) is 5.56 Å². The zero-order valence-electron chi connectivity index (χ0n) is 11.1. The Morgan fingerprint density at radius 3 is 2.53 bits per heavy atom. The van der Waals surface area contributed by atoms with Crippen molar-refractivity contribution in [1.82, 2.24) is 5.32 Å². The number of methoxy groups -OCH3 is 2. The second-order valence-electron chi connectivity index (χ2n) is 3.95. The quantitative estimate of drug-likeness (QED) is 0.797. The first kappa shape index (κ1) is 15.0. The first-order chi connectivity index (χ1) is 8.99. The third kappa shape index (κ3) is 3.96. The molecule has 0 aliphatic rings. The van der Waals surface area contributed by atoms with Crippen LogP contribution < -0.4 is 10.1 Å². The highest BCUT2D eigenvalue weighted by Crippen LogP contribution is 2.16. The average molecular weight is 267 g/mol. The van der Waals surface area contributed by atoms with Crippen LogP contribution in [0.5, 0.6) is 5.75 Å². The van der Waals surface area contributed by atoms with E-state index in [4.69, 9.17) is 14.6 Å². The summed E-state index contributed by atoms with van der Waals surface area (Å²) in [6.45, 7) is 1.69. The zero-order valence-corrected chi connectivity index (χ0v) is 11.1. The molecule has 0 saturated carbocycles. The molecule has 1 amide bonds. The molecule has 2 N–H and O–H groups in total. The Labute approximate surface area is 111 Å². The Bertz CT molecular complexity index is 472. The lowest BCUT2D eigenvalue weighted by Crippen LogP contribution is -2.38. The number of aliphatic carboxylic acids is 1. The number of aryl methyl sites for hydroxylation is 1. The van der Waals surface area contributed by atoms with Crippen LogP contribution in [-0.4, -0.2) is 43.9 Å². The normalized spacial score (nSPS) is 11.7. The monoisotopic (exact) mass is 267 g/mol. The Balaban J connectivity index is 2.71. The van der Waals surface area contributed by atoms with Crippen LogP contribution >= 0.6 is 0 Å². The number of amides is 1. The van der Waals surface area contributed by atoms with Crippen LogP contribution in [0.4, 0.5) is 0 Å². The molecule has 1 rings (SSSR count). The minimum atomic E-state index is -1.12. The molecule has 0 aromatic heterocycles. The van der Waals surface area contributed by atoms with E-state index in [9.17, 15) is 9.59 Å². The van der Waals surface area contributed by atoms with Crippen molar-refractivity contribution in [2.45, 2.75) is 13.0 Å². The molecule has 0 fully saturated rings. The van der Waals surface area contributed by atoms with Crippen LogP contribution in [0.3, 0.4) is 0 Å². The number of carbonyl (C=O) groups is 2. The lowest BCUT2D eigenvalue weighted by Gasteiger charge is -2.13. The van der Waals surface area contributed by atoms with Crippen molar-refractivity contribution < 1.29 is 24.2 Å².